The Morgan fingerprint density at radius 2 is 1.69 bits per heavy atom. The molecule has 0 spiro atoms. The van der Waals surface area contributed by atoms with Gasteiger partial charge in [-0.05, 0) is 48.0 Å². The van der Waals surface area contributed by atoms with E-state index in [1.165, 1.54) is 30.3 Å². The summed E-state index contributed by atoms with van der Waals surface area (Å²) in [6.07, 6.45) is -2.74. The molecule has 0 amide bonds. The Morgan fingerprint density at radius 1 is 1.00 bits per heavy atom. The fourth-order valence-electron chi connectivity index (χ4n) is 3.39. The first kappa shape index (κ1) is 26.7. The van der Waals surface area contributed by atoms with Crippen molar-refractivity contribution in [1.29, 1.82) is 0 Å². The van der Waals surface area contributed by atoms with E-state index >= 15 is 8.78 Å². The highest BCUT2D eigenvalue weighted by Gasteiger charge is 2.44. The van der Waals surface area contributed by atoms with E-state index in [-0.39, 0.29) is 11.4 Å². The van der Waals surface area contributed by atoms with Crippen molar-refractivity contribution in [2.75, 3.05) is 13.2 Å². The van der Waals surface area contributed by atoms with Gasteiger partial charge in [0.2, 0.25) is 0 Å². The lowest BCUT2D eigenvalue weighted by Gasteiger charge is -2.30. The number of nitrogens with two attached hydrogens (primary N) is 2. The molecule has 13 heteroatoms. The van der Waals surface area contributed by atoms with Crippen LogP contribution in [-0.4, -0.2) is 35.7 Å². The van der Waals surface area contributed by atoms with Gasteiger partial charge in [-0.3, -0.25) is 9.99 Å². The number of rotatable bonds is 9. The summed E-state index contributed by atoms with van der Waals surface area (Å²) in [7, 11) is 0. The molecule has 1 aromatic heterocycles. The van der Waals surface area contributed by atoms with E-state index in [1.807, 2.05) is 0 Å². The molecule has 6 nitrogen and oxygen atoms in total. The molecule has 3 rings (SSSR count). The average molecular weight is 515 g/mol. The van der Waals surface area contributed by atoms with Crippen LogP contribution in [0, 0.1) is 11.6 Å². The molecule has 0 aliphatic carbocycles. The second kappa shape index (κ2) is 10.8. The predicted octanol–water partition coefficient (Wildman–Crippen LogP) is 4.92. The molecular formula is C23H20F7N5O. The zero-order chi connectivity index (χ0) is 26.5. The van der Waals surface area contributed by atoms with E-state index in [1.54, 1.807) is 0 Å². The number of ether oxygens (including phenoxy) is 1. The number of hydrogen-bond acceptors (Lipinski definition) is 5. The van der Waals surface area contributed by atoms with Crippen molar-refractivity contribution in [1.82, 2.24) is 9.99 Å². The number of benzene rings is 2. The van der Waals surface area contributed by atoms with Gasteiger partial charge in [-0.2, -0.15) is 18.3 Å². The molecule has 2 aromatic carbocycles. The number of hydrogen-bond donors (Lipinski definition) is 2. The van der Waals surface area contributed by atoms with Crippen LogP contribution in [-0.2, 0) is 5.92 Å². The third kappa shape index (κ3) is 6.62. The van der Waals surface area contributed by atoms with Crippen molar-refractivity contribution in [2.45, 2.75) is 18.0 Å². The van der Waals surface area contributed by atoms with Crippen molar-refractivity contribution in [3.63, 3.8) is 0 Å². The predicted molar refractivity (Wildman–Crippen MR) is 118 cm³/mol. The second-order valence-corrected chi connectivity index (χ2v) is 7.66. The van der Waals surface area contributed by atoms with Gasteiger partial charge in [-0.15, -0.1) is 0 Å². The molecule has 0 aliphatic heterocycles. The highest BCUT2D eigenvalue weighted by molar-refractivity contribution is 5.60. The minimum Gasteiger partial charge on any atom is -0.484 e. The fourth-order valence-corrected chi connectivity index (χ4v) is 3.39. The van der Waals surface area contributed by atoms with E-state index in [0.717, 1.165) is 35.7 Å². The van der Waals surface area contributed by atoms with Crippen LogP contribution in [0.5, 0.6) is 5.75 Å². The standard InChI is InChI=1S/C23H20F7N5O/c24-16-4-7-18(20(25)9-16)19(11-35(32)13-34-31)23(29,30)15-3-8-21(33-10-15)14-1-5-17(6-2-14)36-12-22(26,27)28/h1-10,13,19H,11-12,31-32H2/b34-13-. The summed E-state index contributed by atoms with van der Waals surface area (Å²) >= 11 is 0. The lowest BCUT2D eigenvalue weighted by molar-refractivity contribution is -0.153. The topological polar surface area (TPSA) is 89.8 Å². The first-order valence-corrected chi connectivity index (χ1v) is 10.2. The van der Waals surface area contributed by atoms with Gasteiger partial charge in [0.1, 0.15) is 23.7 Å². The first-order valence-electron chi connectivity index (χ1n) is 10.2. The third-order valence-corrected chi connectivity index (χ3v) is 5.08. The molecule has 36 heavy (non-hydrogen) atoms. The molecule has 0 radical (unpaired) electrons. The minimum absolute atomic E-state index is 0.0317. The molecule has 3 aromatic rings. The minimum atomic E-state index is -4.49. The van der Waals surface area contributed by atoms with Gasteiger partial charge in [0.15, 0.2) is 6.61 Å². The summed E-state index contributed by atoms with van der Waals surface area (Å²) < 4.78 is 100. The largest absolute Gasteiger partial charge is 0.484 e. The summed E-state index contributed by atoms with van der Waals surface area (Å²) in [5.74, 6) is 2.87. The van der Waals surface area contributed by atoms with E-state index in [2.05, 4.69) is 14.8 Å². The van der Waals surface area contributed by atoms with Crippen LogP contribution >= 0.6 is 0 Å². The molecule has 0 fully saturated rings. The van der Waals surface area contributed by atoms with Crippen LogP contribution in [0.4, 0.5) is 30.7 Å². The maximum absolute atomic E-state index is 15.6. The molecule has 0 bridgehead atoms. The zero-order valence-electron chi connectivity index (χ0n) is 18.4. The normalized spacial score (nSPS) is 13.1. The van der Waals surface area contributed by atoms with Crippen LogP contribution < -0.4 is 16.4 Å². The molecule has 192 valence electrons. The summed E-state index contributed by atoms with van der Waals surface area (Å²) in [6.45, 7) is -2.08. The van der Waals surface area contributed by atoms with E-state index < -0.39 is 53.9 Å². The quantitative estimate of drug-likeness (QED) is 0.139. The van der Waals surface area contributed by atoms with Gasteiger partial charge >= 0.3 is 6.18 Å². The molecule has 0 saturated heterocycles. The van der Waals surface area contributed by atoms with E-state index in [4.69, 9.17) is 11.7 Å². The Morgan fingerprint density at radius 3 is 2.25 bits per heavy atom. The van der Waals surface area contributed by atoms with Crippen LogP contribution in [0.3, 0.4) is 0 Å². The van der Waals surface area contributed by atoms with Gasteiger partial charge in [-0.25, -0.2) is 23.4 Å². The Labute approximate surface area is 201 Å². The highest BCUT2D eigenvalue weighted by atomic mass is 19.4. The molecule has 1 unspecified atom stereocenters. The maximum atomic E-state index is 15.6. The first-order chi connectivity index (χ1) is 16.9. The maximum Gasteiger partial charge on any atom is 0.422 e. The van der Waals surface area contributed by atoms with Gasteiger partial charge in [0, 0.05) is 29.9 Å². The average Bonchev–Trinajstić information content (AvgIpc) is 2.82. The fraction of sp³-hybridized carbons (Fsp3) is 0.217. The lowest BCUT2D eigenvalue weighted by atomic mass is 9.88. The molecular weight excluding hydrogens is 495 g/mol. The molecule has 0 aliphatic rings. The molecule has 1 heterocycles. The van der Waals surface area contributed by atoms with Gasteiger partial charge in [0.05, 0.1) is 11.6 Å². The number of halogens is 7. The number of hydrazine groups is 1. The Hall–Kier alpha value is -3.87. The summed E-state index contributed by atoms with van der Waals surface area (Å²) in [5.41, 5.74) is -0.390. The van der Waals surface area contributed by atoms with Gasteiger partial charge in [0.25, 0.3) is 5.92 Å². The van der Waals surface area contributed by atoms with Crippen molar-refractivity contribution in [3.05, 3.63) is 83.6 Å². The second-order valence-electron chi connectivity index (χ2n) is 7.66. The monoisotopic (exact) mass is 515 g/mol. The Balaban J connectivity index is 1.87. The van der Waals surface area contributed by atoms with Crippen LogP contribution in [0.1, 0.15) is 17.0 Å². The van der Waals surface area contributed by atoms with Crippen molar-refractivity contribution >= 4 is 6.34 Å². The molecule has 4 N–H and O–H groups in total. The number of alkyl halides is 5. The zero-order valence-corrected chi connectivity index (χ0v) is 18.4. The Bertz CT molecular complexity index is 1180. The van der Waals surface area contributed by atoms with Crippen LogP contribution in [0.25, 0.3) is 11.3 Å². The van der Waals surface area contributed by atoms with Gasteiger partial charge < -0.3 is 10.6 Å². The number of pyridine rings is 1. The van der Waals surface area contributed by atoms with Crippen molar-refractivity contribution in [2.24, 2.45) is 16.8 Å². The third-order valence-electron chi connectivity index (χ3n) is 5.08. The van der Waals surface area contributed by atoms with E-state index in [0.29, 0.717) is 11.6 Å². The van der Waals surface area contributed by atoms with Crippen LogP contribution in [0.15, 0.2) is 65.9 Å². The van der Waals surface area contributed by atoms with Crippen LogP contribution in [0.2, 0.25) is 0 Å². The van der Waals surface area contributed by atoms with E-state index in [9.17, 15) is 22.0 Å². The van der Waals surface area contributed by atoms with Gasteiger partial charge in [-0.1, -0.05) is 6.07 Å². The number of aromatic nitrogens is 1. The lowest BCUT2D eigenvalue weighted by Crippen LogP contribution is -2.40. The smallest absolute Gasteiger partial charge is 0.422 e. The summed E-state index contributed by atoms with van der Waals surface area (Å²) in [5, 5.41) is 3.89. The Kier molecular flexibility index (Phi) is 8.03. The summed E-state index contributed by atoms with van der Waals surface area (Å²) in [4.78, 5) is 4.01. The van der Waals surface area contributed by atoms with Crippen molar-refractivity contribution in [3.8, 4) is 17.0 Å². The highest BCUT2D eigenvalue weighted by Crippen LogP contribution is 2.43. The SMILES string of the molecule is N/N=C\N(N)CC(c1ccc(F)cc1F)C(F)(F)c1ccc(-c2ccc(OCC(F)(F)F)cc2)nc1. The molecule has 1 atom stereocenters. The number of nitrogens with zero attached hydrogens (tertiary/aromatic N) is 3. The molecule has 0 saturated carbocycles. The number of hydrazone groups is 1. The van der Waals surface area contributed by atoms with Crippen molar-refractivity contribution < 1.29 is 35.5 Å². The summed E-state index contributed by atoms with van der Waals surface area (Å²) in [6, 6.07) is 9.99.